The van der Waals surface area contributed by atoms with Crippen molar-refractivity contribution in [1.29, 1.82) is 0 Å². The lowest BCUT2D eigenvalue weighted by Crippen LogP contribution is -2.34. The molecule has 2 heterocycles. The molecule has 0 aliphatic heterocycles. The fourth-order valence-electron chi connectivity index (χ4n) is 1.73. The van der Waals surface area contributed by atoms with Crippen LogP contribution < -0.4 is 16.6 Å². The summed E-state index contributed by atoms with van der Waals surface area (Å²) in [5.41, 5.74) is 2.10. The number of hydrazine groups is 1. The van der Waals surface area contributed by atoms with Crippen molar-refractivity contribution in [3.8, 4) is 5.95 Å². The molecule has 0 saturated carbocycles. The van der Waals surface area contributed by atoms with Gasteiger partial charge in [0, 0.05) is 25.5 Å². The SMILES string of the molecule is CCOC(C)(C)CNc1nc(NN)nc(-n2ccnc2)n1. The maximum absolute atomic E-state index is 5.62. The zero-order valence-corrected chi connectivity index (χ0v) is 12.4. The molecule has 9 heteroatoms. The average molecular weight is 292 g/mol. The molecule has 0 radical (unpaired) electrons. The average Bonchev–Trinajstić information content (AvgIpc) is 2.99. The smallest absolute Gasteiger partial charge is 0.243 e. The Hall–Kier alpha value is -2.26. The molecule has 0 aliphatic rings. The maximum atomic E-state index is 5.62. The number of nitrogens with zero attached hydrogens (tertiary/aromatic N) is 5. The Kier molecular flexibility index (Phi) is 4.66. The number of hydrogen-bond acceptors (Lipinski definition) is 8. The van der Waals surface area contributed by atoms with Crippen LogP contribution in [0.25, 0.3) is 5.95 Å². The molecular weight excluding hydrogens is 272 g/mol. The number of rotatable bonds is 7. The molecule has 0 aromatic carbocycles. The van der Waals surface area contributed by atoms with Gasteiger partial charge in [0.05, 0.1) is 5.60 Å². The van der Waals surface area contributed by atoms with Gasteiger partial charge in [-0.2, -0.15) is 15.0 Å². The predicted molar refractivity (Wildman–Crippen MR) is 79.0 cm³/mol. The fraction of sp³-hybridized carbons (Fsp3) is 0.500. The molecule has 21 heavy (non-hydrogen) atoms. The molecule has 0 saturated heterocycles. The van der Waals surface area contributed by atoms with E-state index in [1.165, 1.54) is 0 Å². The van der Waals surface area contributed by atoms with Gasteiger partial charge in [-0.05, 0) is 20.8 Å². The summed E-state index contributed by atoms with van der Waals surface area (Å²) in [6, 6.07) is 0. The number of imidazole rings is 1. The Labute approximate surface area is 122 Å². The standard InChI is InChI=1S/C12H20N8O/c1-4-21-12(2,3)7-15-9-16-10(19-13)18-11(17-9)20-6-5-14-8-20/h5-6,8H,4,7,13H2,1-3H3,(H2,15,16,17,18,19). The predicted octanol–water partition coefficient (Wildman–Crippen LogP) is 0.570. The van der Waals surface area contributed by atoms with Gasteiger partial charge in [-0.1, -0.05) is 0 Å². The second-order valence-electron chi connectivity index (χ2n) is 4.94. The van der Waals surface area contributed by atoms with Gasteiger partial charge in [0.2, 0.25) is 17.8 Å². The Morgan fingerprint density at radius 3 is 2.67 bits per heavy atom. The third kappa shape index (κ3) is 4.10. The Balaban J connectivity index is 2.18. The molecule has 2 aromatic rings. The molecule has 0 fully saturated rings. The molecule has 114 valence electrons. The van der Waals surface area contributed by atoms with Gasteiger partial charge in [0.25, 0.3) is 0 Å². The van der Waals surface area contributed by atoms with E-state index in [1.807, 2.05) is 20.8 Å². The topological polar surface area (TPSA) is 116 Å². The van der Waals surface area contributed by atoms with Crippen molar-refractivity contribution in [2.45, 2.75) is 26.4 Å². The summed E-state index contributed by atoms with van der Waals surface area (Å²) < 4.78 is 7.29. The number of aromatic nitrogens is 5. The Bertz CT molecular complexity index is 569. The summed E-state index contributed by atoms with van der Waals surface area (Å²) in [7, 11) is 0. The summed E-state index contributed by atoms with van der Waals surface area (Å²) in [4.78, 5) is 16.6. The Morgan fingerprint density at radius 2 is 2.05 bits per heavy atom. The quantitative estimate of drug-likeness (QED) is 0.501. The van der Waals surface area contributed by atoms with Gasteiger partial charge in [0.15, 0.2) is 0 Å². The zero-order valence-electron chi connectivity index (χ0n) is 12.4. The van der Waals surface area contributed by atoms with Gasteiger partial charge in [-0.25, -0.2) is 10.8 Å². The molecule has 0 aliphatic carbocycles. The lowest BCUT2D eigenvalue weighted by molar-refractivity contribution is 0.000579. The molecular formula is C12H20N8O. The lowest BCUT2D eigenvalue weighted by atomic mass is 10.1. The summed E-state index contributed by atoms with van der Waals surface area (Å²) >= 11 is 0. The number of nitrogens with one attached hydrogen (secondary N) is 2. The first-order valence-corrected chi connectivity index (χ1v) is 6.63. The lowest BCUT2D eigenvalue weighted by Gasteiger charge is -2.24. The van der Waals surface area contributed by atoms with E-state index in [4.69, 9.17) is 10.6 Å². The first-order chi connectivity index (χ1) is 10.0. The van der Waals surface area contributed by atoms with Crippen LogP contribution in [0.2, 0.25) is 0 Å². The summed E-state index contributed by atoms with van der Waals surface area (Å²) in [5.74, 6) is 6.49. The van der Waals surface area contributed by atoms with Crippen LogP contribution in [-0.2, 0) is 4.74 Å². The van der Waals surface area contributed by atoms with Crippen LogP contribution in [0.4, 0.5) is 11.9 Å². The van der Waals surface area contributed by atoms with Crippen LogP contribution in [0.5, 0.6) is 0 Å². The summed E-state index contributed by atoms with van der Waals surface area (Å²) in [6.07, 6.45) is 4.98. The highest BCUT2D eigenvalue weighted by Crippen LogP contribution is 2.12. The van der Waals surface area contributed by atoms with Crippen molar-refractivity contribution in [1.82, 2.24) is 24.5 Å². The van der Waals surface area contributed by atoms with Crippen molar-refractivity contribution in [3.05, 3.63) is 18.7 Å². The molecule has 4 N–H and O–H groups in total. The zero-order chi connectivity index (χ0) is 15.3. The first-order valence-electron chi connectivity index (χ1n) is 6.63. The van der Waals surface area contributed by atoms with Crippen LogP contribution in [-0.4, -0.2) is 43.3 Å². The van der Waals surface area contributed by atoms with E-state index < -0.39 is 0 Å². The van der Waals surface area contributed by atoms with Gasteiger partial charge in [-0.3, -0.25) is 9.99 Å². The monoisotopic (exact) mass is 292 g/mol. The third-order valence-electron chi connectivity index (χ3n) is 2.70. The van der Waals surface area contributed by atoms with Crippen molar-refractivity contribution in [2.75, 3.05) is 23.9 Å². The van der Waals surface area contributed by atoms with E-state index in [0.29, 0.717) is 25.0 Å². The highest BCUT2D eigenvalue weighted by molar-refractivity contribution is 5.37. The molecule has 0 atom stereocenters. The number of nitrogen functional groups attached to an aromatic ring is 1. The Morgan fingerprint density at radius 1 is 1.29 bits per heavy atom. The van der Waals surface area contributed by atoms with E-state index in [1.54, 1.807) is 23.3 Å². The minimum atomic E-state index is -0.327. The molecule has 2 aromatic heterocycles. The molecule has 2 rings (SSSR count). The van der Waals surface area contributed by atoms with E-state index in [9.17, 15) is 0 Å². The number of nitrogens with two attached hydrogens (primary N) is 1. The van der Waals surface area contributed by atoms with Crippen LogP contribution in [0.15, 0.2) is 18.7 Å². The van der Waals surface area contributed by atoms with Crippen molar-refractivity contribution in [3.63, 3.8) is 0 Å². The van der Waals surface area contributed by atoms with Gasteiger partial charge >= 0.3 is 0 Å². The van der Waals surface area contributed by atoms with Crippen molar-refractivity contribution >= 4 is 11.9 Å². The molecule has 9 nitrogen and oxygen atoms in total. The van der Waals surface area contributed by atoms with Gasteiger partial charge in [0.1, 0.15) is 6.33 Å². The first kappa shape index (κ1) is 15.1. The minimum Gasteiger partial charge on any atom is -0.374 e. The molecule has 0 amide bonds. The van der Waals surface area contributed by atoms with Crippen LogP contribution in [0, 0.1) is 0 Å². The highest BCUT2D eigenvalue weighted by atomic mass is 16.5. The van der Waals surface area contributed by atoms with Gasteiger partial charge < -0.3 is 10.1 Å². The second kappa shape index (κ2) is 6.46. The fourth-order valence-corrected chi connectivity index (χ4v) is 1.73. The maximum Gasteiger partial charge on any atom is 0.243 e. The molecule has 0 unspecified atom stereocenters. The number of anilines is 2. The van der Waals surface area contributed by atoms with Crippen molar-refractivity contribution in [2.24, 2.45) is 5.84 Å². The van der Waals surface area contributed by atoms with Crippen molar-refractivity contribution < 1.29 is 4.74 Å². The number of ether oxygens (including phenoxy) is 1. The van der Waals surface area contributed by atoms with Crippen LogP contribution in [0.1, 0.15) is 20.8 Å². The molecule has 0 spiro atoms. The summed E-state index contributed by atoms with van der Waals surface area (Å²) in [5, 5.41) is 3.13. The summed E-state index contributed by atoms with van der Waals surface area (Å²) in [6.45, 7) is 7.13. The van der Waals surface area contributed by atoms with E-state index in [2.05, 4.69) is 30.7 Å². The largest absolute Gasteiger partial charge is 0.374 e. The second-order valence-corrected chi connectivity index (χ2v) is 4.94. The number of hydrogen-bond donors (Lipinski definition) is 3. The van der Waals surface area contributed by atoms with E-state index >= 15 is 0 Å². The normalized spacial score (nSPS) is 11.4. The minimum absolute atomic E-state index is 0.269. The van der Waals surface area contributed by atoms with Crippen LogP contribution in [0.3, 0.4) is 0 Å². The van der Waals surface area contributed by atoms with Crippen LogP contribution >= 0.6 is 0 Å². The van der Waals surface area contributed by atoms with E-state index in [-0.39, 0.29) is 11.5 Å². The van der Waals surface area contributed by atoms with Gasteiger partial charge in [-0.15, -0.1) is 0 Å². The molecule has 0 bridgehead atoms. The highest BCUT2D eigenvalue weighted by Gasteiger charge is 2.18. The third-order valence-corrected chi connectivity index (χ3v) is 2.70. The van der Waals surface area contributed by atoms with E-state index in [0.717, 1.165) is 0 Å².